The minimum atomic E-state index is -2.83. The molecule has 0 fully saturated rings. The van der Waals surface area contributed by atoms with Gasteiger partial charge < -0.3 is 13.3 Å². The summed E-state index contributed by atoms with van der Waals surface area (Å²) in [5.74, 6) is -0.247. The highest BCUT2D eigenvalue weighted by molar-refractivity contribution is 6.75. The van der Waals surface area contributed by atoms with Crippen molar-refractivity contribution < 1.29 is 17.7 Å². The van der Waals surface area contributed by atoms with Gasteiger partial charge in [-0.1, -0.05) is 36.4 Å². The van der Waals surface area contributed by atoms with Crippen LogP contribution in [0.2, 0.25) is 0 Å². The van der Waals surface area contributed by atoms with Crippen molar-refractivity contribution in [2.45, 2.75) is 6.92 Å². The van der Waals surface area contributed by atoms with E-state index in [1.165, 1.54) is 12.1 Å². The molecule has 3 nitrogen and oxygen atoms in total. The molecule has 0 heterocycles. The smallest absolute Gasteiger partial charge is 0.373 e. The second-order valence-electron chi connectivity index (χ2n) is 4.49. The number of rotatable bonds is 6. The van der Waals surface area contributed by atoms with E-state index in [-0.39, 0.29) is 5.82 Å². The van der Waals surface area contributed by atoms with Crippen LogP contribution in [0.1, 0.15) is 6.92 Å². The summed E-state index contributed by atoms with van der Waals surface area (Å²) in [6.45, 7) is 2.42. The Morgan fingerprint density at radius 3 is 2.14 bits per heavy atom. The minimum absolute atomic E-state index is 0.247. The molecule has 21 heavy (non-hydrogen) atoms. The molecule has 0 atom stereocenters. The molecule has 0 spiro atoms. The van der Waals surface area contributed by atoms with Crippen molar-refractivity contribution in [2.75, 3.05) is 20.8 Å². The highest BCUT2D eigenvalue weighted by Gasteiger charge is 2.41. The fourth-order valence-electron chi connectivity index (χ4n) is 2.25. The molecule has 2 aromatic rings. The quantitative estimate of drug-likeness (QED) is 0.768. The molecule has 112 valence electrons. The second kappa shape index (κ2) is 6.95. The van der Waals surface area contributed by atoms with Crippen LogP contribution in [-0.4, -0.2) is 29.6 Å². The second-order valence-corrected chi connectivity index (χ2v) is 7.28. The molecule has 0 saturated carbocycles. The van der Waals surface area contributed by atoms with Gasteiger partial charge in [-0.15, -0.1) is 0 Å². The average molecular weight is 306 g/mol. The maximum absolute atomic E-state index is 13.3. The number of hydrogen-bond donors (Lipinski definition) is 0. The maximum Gasteiger partial charge on any atom is 0.536 e. The first-order valence-electron chi connectivity index (χ1n) is 6.76. The monoisotopic (exact) mass is 306 g/mol. The summed E-state index contributed by atoms with van der Waals surface area (Å²) in [4.78, 5) is 0. The fourth-order valence-corrected chi connectivity index (χ4v) is 4.24. The lowest BCUT2D eigenvalue weighted by atomic mass is 10.1. The van der Waals surface area contributed by atoms with Crippen molar-refractivity contribution in [3.8, 4) is 11.1 Å². The number of halogens is 1. The zero-order chi connectivity index (χ0) is 15.3. The molecule has 5 heteroatoms. The third-order valence-corrected chi connectivity index (χ3v) is 6.05. The fraction of sp³-hybridized carbons (Fsp3) is 0.250. The van der Waals surface area contributed by atoms with Crippen LogP contribution in [0.3, 0.4) is 0 Å². The van der Waals surface area contributed by atoms with Crippen molar-refractivity contribution in [3.05, 3.63) is 54.3 Å². The number of benzene rings is 2. The third-order valence-electron chi connectivity index (χ3n) is 3.27. The van der Waals surface area contributed by atoms with Gasteiger partial charge in [-0.05, 0) is 30.2 Å². The van der Waals surface area contributed by atoms with E-state index in [1.807, 2.05) is 37.3 Å². The average Bonchev–Trinajstić information content (AvgIpc) is 2.53. The molecule has 0 aliphatic rings. The van der Waals surface area contributed by atoms with Gasteiger partial charge in [0.15, 0.2) is 0 Å². The summed E-state index contributed by atoms with van der Waals surface area (Å²) in [5, 5.41) is 0.884. The van der Waals surface area contributed by atoms with Gasteiger partial charge in [0, 0.05) is 26.0 Å². The lowest BCUT2D eigenvalue weighted by Crippen LogP contribution is -2.55. The molecule has 0 aromatic heterocycles. The summed E-state index contributed by atoms with van der Waals surface area (Å²) >= 11 is 0. The van der Waals surface area contributed by atoms with E-state index in [0.29, 0.717) is 6.61 Å². The molecule has 0 bridgehead atoms. The Morgan fingerprint density at radius 2 is 1.62 bits per heavy atom. The van der Waals surface area contributed by atoms with Gasteiger partial charge in [-0.2, -0.15) is 0 Å². The van der Waals surface area contributed by atoms with E-state index in [2.05, 4.69) is 0 Å². The molecular formula is C16H19FO3Si. The molecule has 0 radical (unpaired) electrons. The van der Waals surface area contributed by atoms with E-state index in [1.54, 1.807) is 20.3 Å². The summed E-state index contributed by atoms with van der Waals surface area (Å²) in [7, 11) is 0.350. The van der Waals surface area contributed by atoms with Crippen LogP contribution in [0.5, 0.6) is 0 Å². The Balaban J connectivity index is 2.33. The highest BCUT2D eigenvalue weighted by atomic mass is 28.4. The summed E-state index contributed by atoms with van der Waals surface area (Å²) in [6.07, 6.45) is 0. The van der Waals surface area contributed by atoms with Crippen molar-refractivity contribution >= 4 is 14.0 Å². The van der Waals surface area contributed by atoms with E-state index >= 15 is 0 Å². The molecule has 0 unspecified atom stereocenters. The van der Waals surface area contributed by atoms with Gasteiger partial charge in [0.25, 0.3) is 0 Å². The first-order chi connectivity index (χ1) is 10.1. The van der Waals surface area contributed by atoms with Crippen LogP contribution in [0.25, 0.3) is 11.1 Å². The normalized spacial score (nSPS) is 11.6. The molecule has 2 rings (SSSR count). The SMILES string of the molecule is CCO[Si](OC)(OC)c1ccc(-c2cccc(F)c2)cc1. The Labute approximate surface area is 125 Å². The summed E-state index contributed by atoms with van der Waals surface area (Å²) < 4.78 is 30.0. The maximum atomic E-state index is 13.3. The van der Waals surface area contributed by atoms with Crippen LogP contribution in [0.4, 0.5) is 4.39 Å². The van der Waals surface area contributed by atoms with Crippen molar-refractivity contribution in [3.63, 3.8) is 0 Å². The largest absolute Gasteiger partial charge is 0.536 e. The molecule has 0 N–H and O–H groups in total. The predicted octanol–water partition coefficient (Wildman–Crippen LogP) is 2.97. The van der Waals surface area contributed by atoms with E-state index in [0.717, 1.165) is 16.3 Å². The van der Waals surface area contributed by atoms with Gasteiger partial charge >= 0.3 is 8.80 Å². The lowest BCUT2D eigenvalue weighted by molar-refractivity contribution is 0.120. The Morgan fingerprint density at radius 1 is 0.952 bits per heavy atom. The minimum Gasteiger partial charge on any atom is -0.373 e. The highest BCUT2D eigenvalue weighted by Crippen LogP contribution is 2.20. The molecule has 0 aliphatic heterocycles. The molecule has 0 saturated heterocycles. The first-order valence-corrected chi connectivity index (χ1v) is 8.48. The summed E-state index contributed by atoms with van der Waals surface area (Å²) in [5.41, 5.74) is 1.77. The van der Waals surface area contributed by atoms with Crippen LogP contribution in [-0.2, 0) is 13.3 Å². The summed E-state index contributed by atoms with van der Waals surface area (Å²) in [6, 6.07) is 14.2. The van der Waals surface area contributed by atoms with Crippen LogP contribution < -0.4 is 5.19 Å². The Bertz CT molecular complexity index is 582. The molecular weight excluding hydrogens is 287 g/mol. The van der Waals surface area contributed by atoms with Gasteiger partial charge in [0.1, 0.15) is 5.82 Å². The Kier molecular flexibility index (Phi) is 5.25. The van der Waals surface area contributed by atoms with Crippen LogP contribution >= 0.6 is 0 Å². The Hall–Kier alpha value is -1.53. The third kappa shape index (κ3) is 3.38. The standard InChI is InChI=1S/C16H19FO3Si/c1-4-20-21(18-2,19-3)16-10-8-13(9-11-16)14-6-5-7-15(17)12-14/h5-12H,4H2,1-3H3. The van der Waals surface area contributed by atoms with Crippen LogP contribution in [0, 0.1) is 5.82 Å². The van der Waals surface area contributed by atoms with Crippen molar-refractivity contribution in [2.24, 2.45) is 0 Å². The molecule has 2 aromatic carbocycles. The van der Waals surface area contributed by atoms with Gasteiger partial charge in [0.2, 0.25) is 0 Å². The topological polar surface area (TPSA) is 27.7 Å². The van der Waals surface area contributed by atoms with E-state index in [4.69, 9.17) is 13.3 Å². The van der Waals surface area contributed by atoms with Gasteiger partial charge in [-0.25, -0.2) is 4.39 Å². The zero-order valence-corrected chi connectivity index (χ0v) is 13.4. The number of hydrogen-bond acceptors (Lipinski definition) is 3. The first kappa shape index (κ1) is 15.8. The van der Waals surface area contributed by atoms with E-state index in [9.17, 15) is 4.39 Å². The predicted molar refractivity (Wildman–Crippen MR) is 82.9 cm³/mol. The van der Waals surface area contributed by atoms with Gasteiger partial charge in [0.05, 0.1) is 0 Å². The van der Waals surface area contributed by atoms with Gasteiger partial charge in [-0.3, -0.25) is 0 Å². The van der Waals surface area contributed by atoms with Crippen molar-refractivity contribution in [1.29, 1.82) is 0 Å². The zero-order valence-electron chi connectivity index (χ0n) is 12.4. The van der Waals surface area contributed by atoms with E-state index < -0.39 is 8.80 Å². The van der Waals surface area contributed by atoms with Crippen molar-refractivity contribution in [1.82, 2.24) is 0 Å². The lowest BCUT2D eigenvalue weighted by Gasteiger charge is -2.26. The molecule has 0 amide bonds. The molecule has 0 aliphatic carbocycles. The van der Waals surface area contributed by atoms with Crippen LogP contribution in [0.15, 0.2) is 48.5 Å².